The van der Waals surface area contributed by atoms with Crippen LogP contribution in [0, 0.1) is 6.92 Å². The van der Waals surface area contributed by atoms with Crippen molar-refractivity contribution in [1.82, 2.24) is 14.8 Å². The minimum Gasteiger partial charge on any atom is -0.378 e. The van der Waals surface area contributed by atoms with Crippen molar-refractivity contribution in [3.05, 3.63) is 36.0 Å². The highest BCUT2D eigenvalue weighted by molar-refractivity contribution is 5.92. The van der Waals surface area contributed by atoms with Crippen molar-refractivity contribution < 1.29 is 9.53 Å². The molecule has 0 radical (unpaired) electrons. The molecule has 0 bridgehead atoms. The maximum atomic E-state index is 12.4. The first-order valence-corrected chi connectivity index (χ1v) is 9.39. The quantitative estimate of drug-likeness (QED) is 0.837. The molecular formula is C20H26N4O2. The average molecular weight is 354 g/mol. The highest BCUT2D eigenvalue weighted by atomic mass is 16.5. The van der Waals surface area contributed by atoms with E-state index in [0.717, 1.165) is 44.8 Å². The molecule has 4 rings (SSSR count). The molecule has 2 saturated heterocycles. The lowest BCUT2D eigenvalue weighted by Crippen LogP contribution is -2.51. The Bertz CT molecular complexity index is 780. The Kier molecular flexibility index (Phi) is 5.04. The molecule has 2 aliphatic rings. The van der Waals surface area contributed by atoms with Crippen LogP contribution in [-0.2, 0) is 9.53 Å². The molecule has 2 aromatic rings. The standard InChI is InChI=1S/C20H26N4O2/c1-16-2-3-18-17(14-16)19(4-5-21-18)23-8-6-22(7-9-23)15-20(25)24-10-12-26-13-11-24/h2-5,14H,6-13,15H2,1H3. The molecule has 0 aliphatic carbocycles. The number of benzene rings is 1. The van der Waals surface area contributed by atoms with Crippen LogP contribution >= 0.6 is 0 Å². The number of carbonyl (C=O) groups excluding carboxylic acids is 1. The van der Waals surface area contributed by atoms with Crippen LogP contribution in [0.2, 0.25) is 0 Å². The van der Waals surface area contributed by atoms with Gasteiger partial charge in [0.15, 0.2) is 0 Å². The monoisotopic (exact) mass is 354 g/mol. The minimum atomic E-state index is 0.228. The average Bonchev–Trinajstić information content (AvgIpc) is 2.69. The summed E-state index contributed by atoms with van der Waals surface area (Å²) >= 11 is 0. The predicted molar refractivity (Wildman–Crippen MR) is 103 cm³/mol. The van der Waals surface area contributed by atoms with Crippen LogP contribution in [-0.4, -0.2) is 79.7 Å². The molecular weight excluding hydrogens is 328 g/mol. The maximum Gasteiger partial charge on any atom is 0.236 e. The van der Waals surface area contributed by atoms with E-state index in [1.165, 1.54) is 16.6 Å². The van der Waals surface area contributed by atoms with E-state index >= 15 is 0 Å². The van der Waals surface area contributed by atoms with Gasteiger partial charge in [0.2, 0.25) is 5.91 Å². The number of morpholine rings is 1. The van der Waals surface area contributed by atoms with Crippen molar-refractivity contribution in [2.24, 2.45) is 0 Å². The first-order chi connectivity index (χ1) is 12.7. The van der Waals surface area contributed by atoms with Crippen molar-refractivity contribution in [1.29, 1.82) is 0 Å². The molecule has 1 aromatic carbocycles. The maximum absolute atomic E-state index is 12.4. The number of aryl methyl sites for hydroxylation is 1. The topological polar surface area (TPSA) is 48.9 Å². The third kappa shape index (κ3) is 3.66. The van der Waals surface area contributed by atoms with E-state index in [9.17, 15) is 4.79 Å². The molecule has 0 saturated carbocycles. The van der Waals surface area contributed by atoms with E-state index in [1.807, 2.05) is 11.1 Å². The number of hydrogen-bond donors (Lipinski definition) is 0. The predicted octanol–water partition coefficient (Wildman–Crippen LogP) is 1.52. The van der Waals surface area contributed by atoms with Gasteiger partial charge in [-0.2, -0.15) is 0 Å². The normalized spacial score (nSPS) is 19.1. The summed E-state index contributed by atoms with van der Waals surface area (Å²) in [4.78, 5) is 23.5. The lowest BCUT2D eigenvalue weighted by molar-refractivity contribution is -0.136. The number of aromatic nitrogens is 1. The van der Waals surface area contributed by atoms with Crippen LogP contribution in [0.15, 0.2) is 30.5 Å². The number of ether oxygens (including phenoxy) is 1. The summed E-state index contributed by atoms with van der Waals surface area (Å²) in [6, 6.07) is 8.52. The third-order valence-corrected chi connectivity index (χ3v) is 5.31. The molecule has 6 nitrogen and oxygen atoms in total. The van der Waals surface area contributed by atoms with Crippen LogP contribution in [0.3, 0.4) is 0 Å². The molecule has 1 amide bonds. The van der Waals surface area contributed by atoms with Gasteiger partial charge >= 0.3 is 0 Å². The van der Waals surface area contributed by atoms with Gasteiger partial charge in [0.1, 0.15) is 0 Å². The van der Waals surface area contributed by atoms with Gasteiger partial charge in [-0.25, -0.2) is 0 Å². The number of rotatable bonds is 3. The Morgan fingerprint density at radius 3 is 2.62 bits per heavy atom. The van der Waals surface area contributed by atoms with E-state index in [0.29, 0.717) is 19.8 Å². The third-order valence-electron chi connectivity index (χ3n) is 5.31. The fraction of sp³-hybridized carbons (Fsp3) is 0.500. The van der Waals surface area contributed by atoms with Gasteiger partial charge in [0.05, 0.1) is 25.3 Å². The molecule has 0 atom stereocenters. The van der Waals surface area contributed by atoms with Crippen LogP contribution in [0.5, 0.6) is 0 Å². The second kappa shape index (κ2) is 7.60. The Morgan fingerprint density at radius 2 is 1.85 bits per heavy atom. The van der Waals surface area contributed by atoms with Gasteiger partial charge in [-0.1, -0.05) is 11.6 Å². The van der Waals surface area contributed by atoms with Crippen LogP contribution < -0.4 is 4.90 Å². The highest BCUT2D eigenvalue weighted by Gasteiger charge is 2.23. The Morgan fingerprint density at radius 1 is 1.08 bits per heavy atom. The van der Waals surface area contributed by atoms with Gasteiger partial charge in [-0.15, -0.1) is 0 Å². The second-order valence-corrected chi connectivity index (χ2v) is 7.11. The number of hydrogen-bond acceptors (Lipinski definition) is 5. The molecule has 0 unspecified atom stereocenters. The van der Waals surface area contributed by atoms with Crippen LogP contribution in [0.1, 0.15) is 5.56 Å². The zero-order chi connectivity index (χ0) is 17.9. The number of pyridine rings is 1. The molecule has 3 heterocycles. The lowest BCUT2D eigenvalue weighted by atomic mass is 10.1. The number of nitrogens with zero attached hydrogens (tertiary/aromatic N) is 4. The number of anilines is 1. The van der Waals surface area contributed by atoms with Gasteiger partial charge in [0.25, 0.3) is 0 Å². The molecule has 0 N–H and O–H groups in total. The van der Waals surface area contributed by atoms with Gasteiger partial charge in [-0.05, 0) is 25.1 Å². The van der Waals surface area contributed by atoms with Crippen molar-refractivity contribution >= 4 is 22.5 Å². The van der Waals surface area contributed by atoms with Crippen molar-refractivity contribution in [3.8, 4) is 0 Å². The van der Waals surface area contributed by atoms with Gasteiger partial charge < -0.3 is 14.5 Å². The zero-order valence-electron chi connectivity index (χ0n) is 15.4. The first-order valence-electron chi connectivity index (χ1n) is 9.39. The van der Waals surface area contributed by atoms with Crippen molar-refractivity contribution in [3.63, 3.8) is 0 Å². The molecule has 26 heavy (non-hydrogen) atoms. The second-order valence-electron chi connectivity index (χ2n) is 7.11. The fourth-order valence-corrected chi connectivity index (χ4v) is 3.77. The van der Waals surface area contributed by atoms with Gasteiger partial charge in [-0.3, -0.25) is 14.7 Å². The van der Waals surface area contributed by atoms with E-state index in [-0.39, 0.29) is 5.91 Å². The highest BCUT2D eigenvalue weighted by Crippen LogP contribution is 2.27. The summed E-state index contributed by atoms with van der Waals surface area (Å²) in [6.07, 6.45) is 1.89. The smallest absolute Gasteiger partial charge is 0.236 e. The number of carbonyl (C=O) groups is 1. The van der Waals surface area contributed by atoms with Crippen molar-refractivity contribution in [2.75, 3.05) is 63.9 Å². The zero-order valence-corrected chi connectivity index (χ0v) is 15.4. The molecule has 2 fully saturated rings. The molecule has 0 spiro atoms. The SMILES string of the molecule is Cc1ccc2nccc(N3CCN(CC(=O)N4CCOCC4)CC3)c2c1. The number of piperazine rings is 1. The largest absolute Gasteiger partial charge is 0.378 e. The van der Waals surface area contributed by atoms with Crippen LogP contribution in [0.25, 0.3) is 10.9 Å². The van der Waals surface area contributed by atoms with E-state index in [1.54, 1.807) is 0 Å². The van der Waals surface area contributed by atoms with Crippen molar-refractivity contribution in [2.45, 2.75) is 6.92 Å². The molecule has 6 heteroatoms. The summed E-state index contributed by atoms with van der Waals surface area (Å²) in [5.41, 5.74) is 3.54. The molecule has 2 aliphatic heterocycles. The minimum absolute atomic E-state index is 0.228. The Hall–Kier alpha value is -2.18. The Labute approximate surface area is 154 Å². The molecule has 1 aromatic heterocycles. The summed E-state index contributed by atoms with van der Waals surface area (Å²) < 4.78 is 5.33. The lowest BCUT2D eigenvalue weighted by Gasteiger charge is -2.37. The number of fused-ring (bicyclic) bond motifs is 1. The van der Waals surface area contributed by atoms with E-state index in [4.69, 9.17) is 4.74 Å². The first kappa shape index (κ1) is 17.2. The van der Waals surface area contributed by atoms with E-state index in [2.05, 4.69) is 46.0 Å². The van der Waals surface area contributed by atoms with Gasteiger partial charge in [0, 0.05) is 56.5 Å². The summed E-state index contributed by atoms with van der Waals surface area (Å²) in [5, 5.41) is 1.21. The fourth-order valence-electron chi connectivity index (χ4n) is 3.77. The summed E-state index contributed by atoms with van der Waals surface area (Å²) in [7, 11) is 0. The Balaban J connectivity index is 1.39. The summed E-state index contributed by atoms with van der Waals surface area (Å²) in [6.45, 7) is 9.09. The molecule has 138 valence electrons. The summed E-state index contributed by atoms with van der Waals surface area (Å²) in [5.74, 6) is 0.228. The van der Waals surface area contributed by atoms with E-state index < -0.39 is 0 Å². The van der Waals surface area contributed by atoms with Crippen LogP contribution in [0.4, 0.5) is 5.69 Å². The number of amides is 1.